The second-order valence-electron chi connectivity index (χ2n) is 6.97. The topological polar surface area (TPSA) is 68.5 Å². The van der Waals surface area contributed by atoms with Crippen LogP contribution < -0.4 is 5.32 Å². The molecule has 1 aliphatic carbocycles. The summed E-state index contributed by atoms with van der Waals surface area (Å²) < 4.78 is 20.1. The van der Waals surface area contributed by atoms with Crippen LogP contribution in [0.5, 0.6) is 0 Å². The van der Waals surface area contributed by atoms with Crippen molar-refractivity contribution in [3.05, 3.63) is 53.6 Å². The summed E-state index contributed by atoms with van der Waals surface area (Å²) in [7, 11) is 1.59. The van der Waals surface area contributed by atoms with Crippen LogP contribution >= 0.6 is 0 Å². The van der Waals surface area contributed by atoms with E-state index in [2.05, 4.69) is 15.4 Å². The fraction of sp³-hybridized carbons (Fsp3) is 0.350. The van der Waals surface area contributed by atoms with Crippen molar-refractivity contribution in [2.75, 3.05) is 7.11 Å². The van der Waals surface area contributed by atoms with Crippen molar-refractivity contribution in [1.29, 1.82) is 0 Å². The zero-order valence-corrected chi connectivity index (χ0v) is 15.3. The van der Waals surface area contributed by atoms with E-state index in [9.17, 15) is 9.18 Å². The van der Waals surface area contributed by atoms with E-state index >= 15 is 0 Å². The first kappa shape index (κ1) is 17.6. The van der Waals surface area contributed by atoms with E-state index in [1.54, 1.807) is 23.8 Å². The highest BCUT2D eigenvalue weighted by molar-refractivity contribution is 6.00. The van der Waals surface area contributed by atoms with E-state index in [1.165, 1.54) is 18.3 Å². The third-order valence-electron chi connectivity index (χ3n) is 4.89. The first-order valence-electron chi connectivity index (χ1n) is 9.00. The summed E-state index contributed by atoms with van der Waals surface area (Å²) in [5, 5.41) is 7.41. The lowest BCUT2D eigenvalue weighted by Crippen LogP contribution is -2.34. The number of amides is 1. The molecular weight excluding hydrogens is 347 g/mol. The molecule has 3 aromatic rings. The molecule has 0 saturated heterocycles. The van der Waals surface area contributed by atoms with Gasteiger partial charge in [-0.3, -0.25) is 4.79 Å². The lowest BCUT2D eigenvalue weighted by atomic mass is 10.1. The molecule has 6 nitrogen and oxygen atoms in total. The standard InChI is InChI=1S/C20H21FN4O2/c1-12(13-3-4-13)23-20(26)17-10-22-25-18(14-5-7-15(21)8-6-14)9-16(11-27-2)24-19(17)25/h5-10,12-13H,3-4,11H2,1-2H3,(H,23,26)/t12-/m0/s1. The second kappa shape index (κ2) is 7.08. The average Bonchev–Trinajstić information content (AvgIpc) is 3.42. The summed E-state index contributed by atoms with van der Waals surface area (Å²) in [5.41, 5.74) is 3.06. The summed E-state index contributed by atoms with van der Waals surface area (Å²) in [4.78, 5) is 17.3. The predicted octanol–water partition coefficient (Wildman–Crippen LogP) is 3.21. The first-order valence-corrected chi connectivity index (χ1v) is 9.00. The molecule has 1 amide bonds. The van der Waals surface area contributed by atoms with E-state index in [4.69, 9.17) is 4.74 Å². The Kier molecular flexibility index (Phi) is 4.61. The molecule has 1 saturated carbocycles. The van der Waals surface area contributed by atoms with Gasteiger partial charge in [-0.15, -0.1) is 0 Å². The minimum Gasteiger partial charge on any atom is -0.378 e. The number of hydrogen-bond acceptors (Lipinski definition) is 4. The van der Waals surface area contributed by atoms with Crippen molar-refractivity contribution in [1.82, 2.24) is 19.9 Å². The van der Waals surface area contributed by atoms with Crippen LogP contribution in [0.1, 0.15) is 35.8 Å². The largest absolute Gasteiger partial charge is 0.378 e. The molecular formula is C20H21FN4O2. The highest BCUT2D eigenvalue weighted by atomic mass is 19.1. The van der Waals surface area contributed by atoms with Crippen LogP contribution in [0.4, 0.5) is 4.39 Å². The maximum atomic E-state index is 13.3. The van der Waals surface area contributed by atoms with Gasteiger partial charge in [-0.05, 0) is 56.0 Å². The van der Waals surface area contributed by atoms with Crippen LogP contribution in [0.15, 0.2) is 36.5 Å². The number of aromatic nitrogens is 3. The molecule has 7 heteroatoms. The average molecular weight is 368 g/mol. The minimum absolute atomic E-state index is 0.131. The Bertz CT molecular complexity index is 980. The molecule has 140 valence electrons. The monoisotopic (exact) mass is 368 g/mol. The van der Waals surface area contributed by atoms with Gasteiger partial charge in [-0.1, -0.05) is 0 Å². The molecule has 4 rings (SSSR count). The molecule has 2 heterocycles. The van der Waals surface area contributed by atoms with Gasteiger partial charge in [0.25, 0.3) is 5.91 Å². The number of ether oxygens (including phenoxy) is 1. The molecule has 1 fully saturated rings. The van der Waals surface area contributed by atoms with Crippen LogP contribution in [0, 0.1) is 11.7 Å². The molecule has 0 unspecified atom stereocenters. The number of halogens is 1. The maximum Gasteiger partial charge on any atom is 0.256 e. The number of carbonyl (C=O) groups excluding carboxylic acids is 1. The molecule has 0 bridgehead atoms. The van der Waals surface area contributed by atoms with Crippen molar-refractivity contribution in [2.45, 2.75) is 32.4 Å². The highest BCUT2D eigenvalue weighted by Crippen LogP contribution is 2.32. The van der Waals surface area contributed by atoms with E-state index in [1.807, 2.05) is 13.0 Å². The molecule has 0 radical (unpaired) electrons. The van der Waals surface area contributed by atoms with Gasteiger partial charge in [0.05, 0.1) is 24.2 Å². The van der Waals surface area contributed by atoms with Crippen molar-refractivity contribution in [3.63, 3.8) is 0 Å². The predicted molar refractivity (Wildman–Crippen MR) is 98.7 cm³/mol. The number of benzene rings is 1. The number of rotatable bonds is 6. The third-order valence-corrected chi connectivity index (χ3v) is 4.89. The van der Waals surface area contributed by atoms with Gasteiger partial charge in [0, 0.05) is 18.7 Å². The van der Waals surface area contributed by atoms with E-state index in [-0.39, 0.29) is 17.8 Å². The molecule has 1 aromatic carbocycles. The number of hydrogen-bond donors (Lipinski definition) is 1. The Balaban J connectivity index is 1.78. The zero-order valence-electron chi connectivity index (χ0n) is 15.3. The van der Waals surface area contributed by atoms with Crippen LogP contribution in [0.3, 0.4) is 0 Å². The number of methoxy groups -OCH3 is 1. The molecule has 1 N–H and O–H groups in total. The second-order valence-corrected chi connectivity index (χ2v) is 6.97. The summed E-state index contributed by atoms with van der Waals surface area (Å²) in [5.74, 6) is 0.0647. The van der Waals surface area contributed by atoms with Gasteiger partial charge in [-0.2, -0.15) is 5.10 Å². The number of nitrogens with one attached hydrogen (secondary N) is 1. The van der Waals surface area contributed by atoms with Crippen LogP contribution in [0.25, 0.3) is 16.9 Å². The Morgan fingerprint density at radius 1 is 1.37 bits per heavy atom. The van der Waals surface area contributed by atoms with Crippen molar-refractivity contribution in [3.8, 4) is 11.3 Å². The highest BCUT2D eigenvalue weighted by Gasteiger charge is 2.30. The number of fused-ring (bicyclic) bond motifs is 1. The van der Waals surface area contributed by atoms with Crippen LogP contribution in [0.2, 0.25) is 0 Å². The fourth-order valence-electron chi connectivity index (χ4n) is 3.22. The van der Waals surface area contributed by atoms with Gasteiger partial charge in [-0.25, -0.2) is 13.9 Å². The van der Waals surface area contributed by atoms with E-state index < -0.39 is 0 Å². The Morgan fingerprint density at radius 3 is 2.78 bits per heavy atom. The van der Waals surface area contributed by atoms with E-state index in [0.717, 1.165) is 24.1 Å². The molecule has 0 aliphatic heterocycles. The van der Waals surface area contributed by atoms with Crippen LogP contribution in [-0.2, 0) is 11.3 Å². The molecule has 1 aliphatic rings. The summed E-state index contributed by atoms with van der Waals surface area (Å²) in [6, 6.07) is 8.11. The Labute approximate surface area is 156 Å². The first-order chi connectivity index (χ1) is 13.1. The van der Waals surface area contributed by atoms with Gasteiger partial charge >= 0.3 is 0 Å². The lowest BCUT2D eigenvalue weighted by molar-refractivity contribution is 0.0937. The quantitative estimate of drug-likeness (QED) is 0.725. The normalized spacial score (nSPS) is 15.1. The molecule has 0 spiro atoms. The Morgan fingerprint density at radius 2 is 2.11 bits per heavy atom. The summed E-state index contributed by atoms with van der Waals surface area (Å²) in [6.07, 6.45) is 3.84. The SMILES string of the molecule is COCc1cc(-c2ccc(F)cc2)n2ncc(C(=O)N[C@@H](C)C3CC3)c2n1. The fourth-order valence-corrected chi connectivity index (χ4v) is 3.22. The molecule has 27 heavy (non-hydrogen) atoms. The number of carbonyl (C=O) groups is 1. The molecule has 2 aromatic heterocycles. The third kappa shape index (κ3) is 3.55. The van der Waals surface area contributed by atoms with Crippen molar-refractivity contribution < 1.29 is 13.9 Å². The zero-order chi connectivity index (χ0) is 19.0. The maximum absolute atomic E-state index is 13.3. The van der Waals surface area contributed by atoms with Crippen LogP contribution in [-0.4, -0.2) is 33.7 Å². The van der Waals surface area contributed by atoms with E-state index in [0.29, 0.717) is 29.4 Å². The summed E-state index contributed by atoms with van der Waals surface area (Å²) in [6.45, 7) is 2.32. The van der Waals surface area contributed by atoms with Crippen molar-refractivity contribution in [2.24, 2.45) is 5.92 Å². The van der Waals surface area contributed by atoms with Gasteiger partial charge in [0.15, 0.2) is 5.65 Å². The smallest absolute Gasteiger partial charge is 0.256 e. The van der Waals surface area contributed by atoms with Gasteiger partial charge < -0.3 is 10.1 Å². The Hall–Kier alpha value is -2.80. The molecule has 1 atom stereocenters. The lowest BCUT2D eigenvalue weighted by Gasteiger charge is -2.12. The minimum atomic E-state index is -0.309. The van der Waals surface area contributed by atoms with Gasteiger partial charge in [0.2, 0.25) is 0 Å². The number of nitrogens with zero attached hydrogens (tertiary/aromatic N) is 3. The van der Waals surface area contributed by atoms with Gasteiger partial charge in [0.1, 0.15) is 11.4 Å². The summed E-state index contributed by atoms with van der Waals surface area (Å²) >= 11 is 0. The van der Waals surface area contributed by atoms with Crippen molar-refractivity contribution >= 4 is 11.6 Å².